The number of Topliss-reactive ketones (excluding diaryl/α,β-unsaturated/α-hetero) is 4. The number of ketones is 4. The van der Waals surface area contributed by atoms with Crippen molar-refractivity contribution in [2.45, 2.75) is 121 Å². The molecule has 11 aromatic rings. The largest absolute Gasteiger partial charge is 1.00 e. The summed E-state index contributed by atoms with van der Waals surface area (Å²) in [6, 6.07) is 73.4. The van der Waals surface area contributed by atoms with Gasteiger partial charge >= 0.3 is 175 Å². The fourth-order valence-electron chi connectivity index (χ4n) is 13.6. The zero-order valence-electron chi connectivity index (χ0n) is 75.7. The number of hydrogen-bond acceptors (Lipinski definition) is 17. The van der Waals surface area contributed by atoms with Gasteiger partial charge in [-0.2, -0.15) is 186 Å². The van der Waals surface area contributed by atoms with Crippen molar-refractivity contribution in [2.75, 3.05) is 105 Å². The maximum Gasteiger partial charge on any atom is 1.00 e. The summed E-state index contributed by atoms with van der Waals surface area (Å²) in [6.45, 7) is 34.6. The Balaban J connectivity index is 0.000000403. The molecule has 1 N–H and O–H groups in total. The first-order chi connectivity index (χ1) is 57.4. The van der Waals surface area contributed by atoms with E-state index < -0.39 is 0 Å². The number of aryl methyl sites for hydroxylation is 8. The van der Waals surface area contributed by atoms with Gasteiger partial charge in [0.25, 0.3) is 0 Å². The average molecular weight is 2770 g/mol. The number of carbonyl (C=O) groups excluding carboxylic acids is 5. The Hall–Kier alpha value is -2.69. The molecule has 0 aliphatic carbocycles. The Morgan fingerprint density at radius 3 is 1.33 bits per heavy atom. The van der Waals surface area contributed by atoms with Crippen LogP contribution < -0.4 is 180 Å². The molecule has 27 heteroatoms. The first kappa shape index (κ1) is 118. The van der Waals surface area contributed by atoms with E-state index in [9.17, 15) is 24.0 Å². The third kappa shape index (κ3) is 41.4. The number of benzene rings is 8. The van der Waals surface area contributed by atoms with Crippen LogP contribution in [0.5, 0.6) is 0 Å². The van der Waals surface area contributed by atoms with Crippen molar-refractivity contribution in [2.24, 2.45) is 0 Å². The fraction of sp³-hybridized carbons (Fsp3) is 0.330. The van der Waals surface area contributed by atoms with E-state index in [1.54, 1.807) is 36.4 Å². The number of aromatic nitrogens is 5. The van der Waals surface area contributed by atoms with Gasteiger partial charge in [-0.15, -0.1) is 23.3 Å². The standard InChI is InChI=1S/C21H24N2O.C21H21N2O.C21H24NO2.C19H18N2O2.C18H21N5O.3Rb.5W/c1-17-3-9-20(10-4-17)21(24)15-18-5-7-19(8-6-18)16-23-13-11-22(2)12-14-23;1-15-4-7-19(8-5-15)21(24)11-18-6-9-20(16(2)10-18)13-23-12-17(3)22-14-23;1-16-3-6-19(7-4-16)21(23)14-18-5-8-20(17(2)13-18)15-22-9-11-24-12-10-22;1-14-6-8-16(9-7-14)19(22)10-17-4-3-5-18(20-17)12-21-11-15(2)23-13-21;1-14-3-5-15(6-4-14)20-18(24)16-7-8-19-17(21-16)13-23-11-9-22(2)10-12-23;;;;;;;;/h3,5-7,9-10H,11-16H2,1-2H3;4,6-10,12,14H,11,13H2,1-3H3;3,5-8,13H,9-12,14-15H2,1-2H3;4-6,8-9,11H,10,12-13H2,1-2H3;3,5-7H,9-13H2,1-2H3,(H,20,24);;;;;;;;/q-2;2*-1;2*-2;3*+1;;;;;. The second kappa shape index (κ2) is 62.1. The quantitative estimate of drug-likeness (QED) is 0.0575. The van der Waals surface area contributed by atoms with E-state index >= 15 is 0 Å². The summed E-state index contributed by atoms with van der Waals surface area (Å²) in [5, 5.41) is 2.82. The summed E-state index contributed by atoms with van der Waals surface area (Å²) >= 11 is 0. The second-order valence-corrected chi connectivity index (χ2v) is 31.2. The van der Waals surface area contributed by atoms with Gasteiger partial charge in [0.1, 0.15) is 28.9 Å². The van der Waals surface area contributed by atoms with Gasteiger partial charge in [0.05, 0.1) is 25.2 Å². The Bertz CT molecular complexity index is 5210. The van der Waals surface area contributed by atoms with Crippen LogP contribution in [-0.2, 0) is 173 Å². The molecule has 8 aromatic carbocycles. The van der Waals surface area contributed by atoms with Crippen molar-refractivity contribution in [3.63, 3.8) is 0 Å². The molecule has 127 heavy (non-hydrogen) atoms. The van der Waals surface area contributed by atoms with E-state index in [0.717, 1.165) is 182 Å². The van der Waals surface area contributed by atoms with Crippen molar-refractivity contribution in [3.8, 4) is 0 Å². The molecule has 3 aromatic heterocycles. The zero-order valence-corrected chi connectivity index (χ0v) is 105. The molecule has 3 fully saturated rings. The summed E-state index contributed by atoms with van der Waals surface area (Å²) in [5.74, 6) is 1.71. The molecule has 0 atom stereocenters. The van der Waals surface area contributed by atoms with Crippen LogP contribution >= 0.6 is 0 Å². The summed E-state index contributed by atoms with van der Waals surface area (Å²) in [5.41, 5.74) is 21.0. The van der Waals surface area contributed by atoms with Crippen LogP contribution in [0.3, 0.4) is 0 Å². The van der Waals surface area contributed by atoms with Gasteiger partial charge in [0, 0.05) is 240 Å². The van der Waals surface area contributed by atoms with Crippen LogP contribution in [0.15, 0.2) is 188 Å². The minimum absolute atomic E-state index is 0. The number of pyridine rings is 1. The molecule has 648 valence electrons. The Kier molecular flexibility index (Phi) is 58.0. The molecule has 7 heterocycles. The zero-order chi connectivity index (χ0) is 84.2. The molecule has 1 amide bonds. The number of amides is 1. The molecule has 0 bridgehead atoms. The number of piperazine rings is 2. The third-order valence-corrected chi connectivity index (χ3v) is 21.0. The van der Waals surface area contributed by atoms with E-state index in [1.807, 2.05) is 151 Å². The minimum atomic E-state index is -0.259. The van der Waals surface area contributed by atoms with Crippen molar-refractivity contribution < 1.29 is 313 Å². The first-order valence-corrected chi connectivity index (χ1v) is 40.7. The van der Waals surface area contributed by atoms with Gasteiger partial charge in [-0.25, -0.2) is 4.98 Å². The number of carbonyl (C=O) groups is 5. The van der Waals surface area contributed by atoms with Crippen LogP contribution in [-0.4, -0.2) is 182 Å². The number of likely N-dealkylation sites (N-methyl/N-ethyl adjacent to an activating group) is 2. The topological polar surface area (TPSA) is 192 Å². The second-order valence-electron chi connectivity index (χ2n) is 31.2. The van der Waals surface area contributed by atoms with Gasteiger partial charge in [-0.3, -0.25) is 14.6 Å². The monoisotopic (exact) mass is 2760 g/mol. The van der Waals surface area contributed by atoms with Gasteiger partial charge in [0.15, 0.2) is 6.73 Å². The molecule has 0 spiro atoms. The molecular weight excluding hydrogens is 2660 g/mol. The number of anilines is 1. The number of ether oxygens (including phenoxy) is 2. The predicted octanol–water partition coefficient (Wildman–Crippen LogP) is 5.66. The number of allylic oxidation sites excluding steroid dienone is 1. The molecule has 15 rings (SSSR count). The number of hydrogen-bond donors (Lipinski definition) is 1. The molecule has 4 aliphatic rings. The maximum atomic E-state index is 12.4. The van der Waals surface area contributed by atoms with Gasteiger partial charge < -0.3 is 73.1 Å². The molecule has 0 saturated carbocycles. The molecular formula is C100H108N12O7Rb3W5-5. The summed E-state index contributed by atoms with van der Waals surface area (Å²) in [4.78, 5) is 93.0. The number of morpholine rings is 1. The minimum Gasteiger partial charge on any atom is -0.476 e. The summed E-state index contributed by atoms with van der Waals surface area (Å²) in [6.07, 6.45) is 10.2. The molecule has 0 radical (unpaired) electrons. The van der Waals surface area contributed by atoms with Crippen molar-refractivity contribution in [1.82, 2.24) is 53.9 Å². The maximum absolute atomic E-state index is 12.4. The van der Waals surface area contributed by atoms with Crippen LogP contribution in [0.4, 0.5) is 5.69 Å². The molecule has 19 nitrogen and oxygen atoms in total. The van der Waals surface area contributed by atoms with E-state index in [0.29, 0.717) is 61.9 Å². The van der Waals surface area contributed by atoms with Crippen LogP contribution in [0, 0.1) is 104 Å². The van der Waals surface area contributed by atoms with Crippen molar-refractivity contribution in [3.05, 3.63) is 360 Å². The first-order valence-electron chi connectivity index (χ1n) is 40.7. The van der Waals surface area contributed by atoms with Gasteiger partial charge in [-0.05, 0) is 88.0 Å². The van der Waals surface area contributed by atoms with E-state index in [4.69, 9.17) is 9.47 Å². The Labute approximate surface area is 971 Å². The Morgan fingerprint density at radius 2 is 0.890 bits per heavy atom. The van der Waals surface area contributed by atoms with Crippen LogP contribution in [0.1, 0.15) is 154 Å². The third-order valence-electron chi connectivity index (χ3n) is 21.0. The van der Waals surface area contributed by atoms with E-state index in [1.165, 1.54) is 33.9 Å². The summed E-state index contributed by atoms with van der Waals surface area (Å²) < 4.78 is 12.9. The van der Waals surface area contributed by atoms with Crippen molar-refractivity contribution >= 4 is 34.7 Å². The van der Waals surface area contributed by atoms with Crippen LogP contribution in [0.25, 0.3) is 0 Å². The normalized spacial score (nSPS) is 13.5. The van der Waals surface area contributed by atoms with Crippen molar-refractivity contribution in [1.29, 1.82) is 0 Å². The smallest absolute Gasteiger partial charge is 0.476 e. The fourth-order valence-corrected chi connectivity index (χ4v) is 13.6. The number of imidazole rings is 1. The van der Waals surface area contributed by atoms with E-state index in [2.05, 4.69) is 173 Å². The van der Waals surface area contributed by atoms with Crippen LogP contribution in [0.2, 0.25) is 0 Å². The van der Waals surface area contributed by atoms with Gasteiger partial charge in [-0.1, -0.05) is 117 Å². The molecule has 4 aliphatic heterocycles. The molecule has 0 unspecified atom stereocenters. The Morgan fingerprint density at radius 1 is 0.433 bits per heavy atom. The number of rotatable bonds is 24. The average Bonchev–Trinajstić information content (AvgIpc) is 1.71. The van der Waals surface area contributed by atoms with Gasteiger partial charge in [0.2, 0.25) is 5.91 Å². The summed E-state index contributed by atoms with van der Waals surface area (Å²) in [7, 11) is 4.29. The molecule has 3 saturated heterocycles. The number of nitrogens with zero attached hydrogens (tertiary/aromatic N) is 11. The van der Waals surface area contributed by atoms with E-state index in [-0.39, 0.29) is 315 Å². The SMILES string of the molecule is CC1=CN(Cc2c[c-]cc(CC(=O)c3c[c-]c(C)cc3)n2)CO1.Cc1[c-]cc(C(=O)Cc2c[c-]c(CN3CCN(C)CC3)cc2)cc1.Cc1[c-]cc(C(=O)Cc2ccc(CN3CCOCC3)c(C)c2)cc1.Cc1[c-]cc(C(=O)Cc2ccc(Cn3cnc(C)c3)c(C)c2)cc1.Cc1[c-]cc(NC(=O)c2c[c-]nc(CN3CCN(C)CC3)n2)cc1.[Rb+].[Rb+].[Rb+].[W].[W].[W].[W].[W]. The predicted molar refractivity (Wildman–Crippen MR) is 465 cm³/mol. The number of nitrogens with one attached hydrogen (secondary N) is 1.